The van der Waals surface area contributed by atoms with Gasteiger partial charge in [-0.05, 0) is 32.9 Å². The van der Waals surface area contributed by atoms with E-state index in [1.807, 2.05) is 26.0 Å². The minimum absolute atomic E-state index is 0.0881. The first kappa shape index (κ1) is 13.7. The number of pyridine rings is 1. The van der Waals surface area contributed by atoms with Crippen molar-refractivity contribution < 1.29 is 9.84 Å². The molecule has 4 N–H and O–H groups in total. The summed E-state index contributed by atoms with van der Waals surface area (Å²) in [5.41, 5.74) is 5.73. The molecule has 0 saturated carbocycles. The van der Waals surface area contributed by atoms with E-state index in [-0.39, 0.29) is 12.1 Å². The average molecular weight is 239 g/mol. The van der Waals surface area contributed by atoms with Gasteiger partial charge in [-0.3, -0.25) is 0 Å². The van der Waals surface area contributed by atoms with Crippen molar-refractivity contribution in [1.82, 2.24) is 4.98 Å². The average Bonchev–Trinajstić information content (AvgIpc) is 2.26. The van der Waals surface area contributed by atoms with Crippen LogP contribution in [0.25, 0.3) is 0 Å². The lowest BCUT2D eigenvalue weighted by atomic mass is 10.2. The predicted molar refractivity (Wildman–Crippen MR) is 68.1 cm³/mol. The maximum atomic E-state index is 9.30. The van der Waals surface area contributed by atoms with Crippen molar-refractivity contribution in [3.63, 3.8) is 0 Å². The number of hydrogen-bond acceptors (Lipinski definition) is 5. The van der Waals surface area contributed by atoms with E-state index < -0.39 is 6.10 Å². The second-order valence-corrected chi connectivity index (χ2v) is 4.30. The molecule has 0 aliphatic carbocycles. The van der Waals surface area contributed by atoms with E-state index in [0.717, 1.165) is 0 Å². The number of aliphatic hydroxyl groups is 1. The second-order valence-electron chi connectivity index (χ2n) is 4.30. The lowest BCUT2D eigenvalue weighted by Gasteiger charge is -2.18. The van der Waals surface area contributed by atoms with E-state index in [9.17, 15) is 5.11 Å². The van der Waals surface area contributed by atoms with Crippen LogP contribution < -0.4 is 15.8 Å². The van der Waals surface area contributed by atoms with Gasteiger partial charge in [-0.15, -0.1) is 0 Å². The summed E-state index contributed by atoms with van der Waals surface area (Å²) in [4.78, 5) is 4.19. The SMILES string of the molecule is CC(C)Oc1cccnc1NCC(N)C(C)O. The minimum Gasteiger partial charge on any atom is -0.487 e. The van der Waals surface area contributed by atoms with Crippen LogP contribution in [-0.4, -0.2) is 34.9 Å². The Morgan fingerprint density at radius 3 is 2.76 bits per heavy atom. The highest BCUT2D eigenvalue weighted by Gasteiger charge is 2.11. The highest BCUT2D eigenvalue weighted by molar-refractivity contribution is 5.49. The summed E-state index contributed by atoms with van der Waals surface area (Å²) in [6, 6.07) is 3.34. The Morgan fingerprint density at radius 2 is 2.18 bits per heavy atom. The minimum atomic E-state index is -0.555. The molecule has 17 heavy (non-hydrogen) atoms. The smallest absolute Gasteiger partial charge is 0.168 e. The van der Waals surface area contributed by atoms with E-state index in [1.165, 1.54) is 0 Å². The van der Waals surface area contributed by atoms with Crippen molar-refractivity contribution >= 4 is 5.82 Å². The topological polar surface area (TPSA) is 80.4 Å². The monoisotopic (exact) mass is 239 g/mol. The van der Waals surface area contributed by atoms with Gasteiger partial charge >= 0.3 is 0 Å². The summed E-state index contributed by atoms with van der Waals surface area (Å²) >= 11 is 0. The number of aliphatic hydroxyl groups excluding tert-OH is 1. The number of nitrogens with two attached hydrogens (primary N) is 1. The molecule has 0 spiro atoms. The van der Waals surface area contributed by atoms with Crippen molar-refractivity contribution in [2.24, 2.45) is 5.73 Å². The molecule has 2 unspecified atom stereocenters. The van der Waals surface area contributed by atoms with Crippen LogP contribution in [0.1, 0.15) is 20.8 Å². The zero-order valence-electron chi connectivity index (χ0n) is 10.6. The van der Waals surface area contributed by atoms with Crippen LogP contribution in [0.4, 0.5) is 5.82 Å². The van der Waals surface area contributed by atoms with Crippen molar-refractivity contribution in [2.45, 2.75) is 39.0 Å². The van der Waals surface area contributed by atoms with Crippen LogP contribution in [0.15, 0.2) is 18.3 Å². The van der Waals surface area contributed by atoms with Crippen LogP contribution in [0.2, 0.25) is 0 Å². The molecule has 0 fully saturated rings. The van der Waals surface area contributed by atoms with E-state index in [1.54, 1.807) is 13.1 Å². The molecule has 1 aromatic heterocycles. The summed E-state index contributed by atoms with van der Waals surface area (Å²) < 4.78 is 5.61. The molecule has 5 nitrogen and oxygen atoms in total. The molecule has 0 aliphatic heterocycles. The molecular formula is C12H21N3O2. The van der Waals surface area contributed by atoms with E-state index in [2.05, 4.69) is 10.3 Å². The van der Waals surface area contributed by atoms with Gasteiger partial charge in [0.1, 0.15) is 0 Å². The fraction of sp³-hybridized carbons (Fsp3) is 0.583. The molecule has 0 bridgehead atoms. The molecule has 0 aromatic carbocycles. The zero-order chi connectivity index (χ0) is 12.8. The molecule has 0 saturated heterocycles. The molecule has 0 aliphatic rings. The van der Waals surface area contributed by atoms with Gasteiger partial charge in [0.25, 0.3) is 0 Å². The van der Waals surface area contributed by atoms with Crippen molar-refractivity contribution in [1.29, 1.82) is 0 Å². The largest absolute Gasteiger partial charge is 0.487 e. The summed E-state index contributed by atoms with van der Waals surface area (Å²) in [7, 11) is 0. The Kier molecular flexibility index (Phi) is 5.18. The molecule has 1 aromatic rings. The molecular weight excluding hydrogens is 218 g/mol. The molecule has 1 heterocycles. The number of anilines is 1. The standard InChI is InChI=1S/C12H21N3O2/c1-8(2)17-11-5-4-6-14-12(11)15-7-10(13)9(3)16/h4-6,8-10,16H,7,13H2,1-3H3,(H,14,15). The third kappa shape index (κ3) is 4.58. The molecule has 0 amide bonds. The quantitative estimate of drug-likeness (QED) is 0.689. The second kappa shape index (κ2) is 6.42. The van der Waals surface area contributed by atoms with Gasteiger partial charge in [-0.1, -0.05) is 0 Å². The van der Waals surface area contributed by atoms with Gasteiger partial charge in [-0.2, -0.15) is 0 Å². The zero-order valence-corrected chi connectivity index (χ0v) is 10.6. The molecule has 2 atom stereocenters. The molecule has 96 valence electrons. The number of hydrogen-bond donors (Lipinski definition) is 3. The Balaban J connectivity index is 2.63. The Hall–Kier alpha value is -1.33. The van der Waals surface area contributed by atoms with Crippen molar-refractivity contribution in [3.05, 3.63) is 18.3 Å². The van der Waals surface area contributed by atoms with Crippen LogP contribution in [-0.2, 0) is 0 Å². The van der Waals surface area contributed by atoms with E-state index in [4.69, 9.17) is 10.5 Å². The summed E-state index contributed by atoms with van der Waals surface area (Å²) in [5, 5.41) is 12.4. The van der Waals surface area contributed by atoms with Gasteiger partial charge in [0, 0.05) is 18.8 Å². The first-order valence-corrected chi connectivity index (χ1v) is 5.80. The highest BCUT2D eigenvalue weighted by Crippen LogP contribution is 2.21. The number of nitrogens with one attached hydrogen (secondary N) is 1. The summed E-state index contributed by atoms with van der Waals surface area (Å²) in [6.45, 7) is 6.02. The third-order valence-electron chi connectivity index (χ3n) is 2.26. The van der Waals surface area contributed by atoms with E-state index in [0.29, 0.717) is 18.1 Å². The fourth-order valence-electron chi connectivity index (χ4n) is 1.26. The maximum absolute atomic E-state index is 9.30. The number of ether oxygens (including phenoxy) is 1. The van der Waals surface area contributed by atoms with Crippen LogP contribution in [0.3, 0.4) is 0 Å². The Morgan fingerprint density at radius 1 is 1.47 bits per heavy atom. The molecule has 5 heteroatoms. The number of aromatic nitrogens is 1. The summed E-state index contributed by atoms with van der Waals surface area (Å²) in [6.07, 6.45) is 1.22. The van der Waals surface area contributed by atoms with Crippen molar-refractivity contribution in [3.8, 4) is 5.75 Å². The normalized spacial score (nSPS) is 14.5. The van der Waals surface area contributed by atoms with Gasteiger partial charge in [0.2, 0.25) is 0 Å². The van der Waals surface area contributed by atoms with Gasteiger partial charge < -0.3 is 20.9 Å². The summed E-state index contributed by atoms with van der Waals surface area (Å²) in [5.74, 6) is 1.34. The van der Waals surface area contributed by atoms with Crippen LogP contribution in [0.5, 0.6) is 5.75 Å². The van der Waals surface area contributed by atoms with Crippen LogP contribution >= 0.6 is 0 Å². The van der Waals surface area contributed by atoms with Crippen molar-refractivity contribution in [2.75, 3.05) is 11.9 Å². The number of nitrogens with zero attached hydrogens (tertiary/aromatic N) is 1. The predicted octanol–water partition coefficient (Wildman–Crippen LogP) is 0.989. The maximum Gasteiger partial charge on any atom is 0.168 e. The lowest BCUT2D eigenvalue weighted by molar-refractivity contribution is 0.168. The Bertz CT molecular complexity index is 342. The van der Waals surface area contributed by atoms with Gasteiger partial charge in [0.15, 0.2) is 11.6 Å². The highest BCUT2D eigenvalue weighted by atomic mass is 16.5. The van der Waals surface area contributed by atoms with Crippen LogP contribution in [0, 0.1) is 0 Å². The Labute approximate surface area is 102 Å². The van der Waals surface area contributed by atoms with Gasteiger partial charge in [-0.25, -0.2) is 4.98 Å². The third-order valence-corrected chi connectivity index (χ3v) is 2.26. The first-order valence-electron chi connectivity index (χ1n) is 5.80. The van der Waals surface area contributed by atoms with E-state index >= 15 is 0 Å². The van der Waals surface area contributed by atoms with Gasteiger partial charge in [0.05, 0.1) is 12.2 Å². The first-order chi connectivity index (χ1) is 8.00. The number of rotatable bonds is 6. The lowest BCUT2D eigenvalue weighted by Crippen LogP contribution is -2.38. The fourth-order valence-corrected chi connectivity index (χ4v) is 1.26. The molecule has 1 rings (SSSR count). The molecule has 0 radical (unpaired) electrons.